The lowest BCUT2D eigenvalue weighted by Gasteiger charge is -2.16. The summed E-state index contributed by atoms with van der Waals surface area (Å²) >= 11 is 0. The van der Waals surface area contributed by atoms with Crippen molar-refractivity contribution >= 4 is 17.5 Å². The van der Waals surface area contributed by atoms with E-state index in [2.05, 4.69) is 30.3 Å². The number of anilines is 1. The van der Waals surface area contributed by atoms with Crippen molar-refractivity contribution in [2.45, 2.75) is 12.3 Å². The van der Waals surface area contributed by atoms with Gasteiger partial charge in [0.2, 0.25) is 5.95 Å². The van der Waals surface area contributed by atoms with Crippen LogP contribution in [0.25, 0.3) is 5.65 Å². The molecular formula is C16H17N7O. The third kappa shape index (κ3) is 2.36. The Morgan fingerprint density at radius 1 is 1.25 bits per heavy atom. The molecule has 0 aliphatic carbocycles. The van der Waals surface area contributed by atoms with Crippen molar-refractivity contribution in [2.75, 3.05) is 25.0 Å². The maximum absolute atomic E-state index is 11.9. The van der Waals surface area contributed by atoms with Crippen LogP contribution in [0.15, 0.2) is 36.9 Å². The van der Waals surface area contributed by atoms with E-state index in [1.807, 2.05) is 12.1 Å². The molecule has 1 unspecified atom stereocenters. The summed E-state index contributed by atoms with van der Waals surface area (Å²) in [4.78, 5) is 27.0. The van der Waals surface area contributed by atoms with Gasteiger partial charge < -0.3 is 10.2 Å². The van der Waals surface area contributed by atoms with Gasteiger partial charge in [-0.1, -0.05) is 0 Å². The van der Waals surface area contributed by atoms with Crippen LogP contribution >= 0.6 is 0 Å². The molecule has 8 heteroatoms. The van der Waals surface area contributed by atoms with Gasteiger partial charge in [0.25, 0.3) is 5.91 Å². The zero-order valence-electron chi connectivity index (χ0n) is 13.3. The number of amides is 1. The van der Waals surface area contributed by atoms with Gasteiger partial charge in [0, 0.05) is 44.6 Å². The largest absolute Gasteiger partial charge is 0.355 e. The van der Waals surface area contributed by atoms with Gasteiger partial charge in [-0.3, -0.25) is 4.79 Å². The quantitative estimate of drug-likeness (QED) is 0.769. The Kier molecular flexibility index (Phi) is 3.56. The molecule has 1 aliphatic rings. The lowest BCUT2D eigenvalue weighted by atomic mass is 10.0. The number of fused-ring (bicyclic) bond motifs is 1. The first-order valence-electron chi connectivity index (χ1n) is 7.84. The minimum Gasteiger partial charge on any atom is -0.355 e. The van der Waals surface area contributed by atoms with E-state index in [1.54, 1.807) is 36.4 Å². The number of rotatable bonds is 3. The van der Waals surface area contributed by atoms with Gasteiger partial charge in [0.05, 0.1) is 11.9 Å². The fraction of sp³-hybridized carbons (Fsp3) is 0.312. The van der Waals surface area contributed by atoms with Gasteiger partial charge in [-0.15, -0.1) is 0 Å². The zero-order chi connectivity index (χ0) is 16.5. The number of nitrogens with zero attached hydrogens (tertiary/aromatic N) is 6. The van der Waals surface area contributed by atoms with Crippen molar-refractivity contribution < 1.29 is 4.79 Å². The van der Waals surface area contributed by atoms with E-state index in [1.165, 1.54) is 0 Å². The number of hydrogen-bond donors (Lipinski definition) is 1. The molecule has 1 aliphatic heterocycles. The average Bonchev–Trinajstić information content (AvgIpc) is 3.29. The van der Waals surface area contributed by atoms with Crippen molar-refractivity contribution in [3.63, 3.8) is 0 Å². The normalized spacial score (nSPS) is 17.4. The van der Waals surface area contributed by atoms with Gasteiger partial charge in [-0.2, -0.15) is 5.10 Å². The highest BCUT2D eigenvalue weighted by molar-refractivity contribution is 5.99. The van der Waals surface area contributed by atoms with E-state index in [-0.39, 0.29) is 11.8 Å². The van der Waals surface area contributed by atoms with Crippen molar-refractivity contribution in [1.82, 2.24) is 29.9 Å². The van der Waals surface area contributed by atoms with Crippen LogP contribution in [0.4, 0.5) is 5.95 Å². The van der Waals surface area contributed by atoms with Gasteiger partial charge >= 0.3 is 0 Å². The van der Waals surface area contributed by atoms with Crippen LogP contribution in [-0.2, 0) is 0 Å². The van der Waals surface area contributed by atoms with Crippen molar-refractivity contribution in [3.05, 3.63) is 48.2 Å². The first-order valence-corrected chi connectivity index (χ1v) is 7.84. The van der Waals surface area contributed by atoms with Gasteiger partial charge in [0.1, 0.15) is 5.56 Å². The number of hydrogen-bond acceptors (Lipinski definition) is 6. The number of nitrogens with one attached hydrogen (secondary N) is 1. The molecule has 0 spiro atoms. The average molecular weight is 323 g/mol. The molecule has 0 saturated carbocycles. The summed E-state index contributed by atoms with van der Waals surface area (Å²) in [6.07, 6.45) is 7.79. The fourth-order valence-electron chi connectivity index (χ4n) is 3.15. The lowest BCUT2D eigenvalue weighted by Crippen LogP contribution is -2.22. The summed E-state index contributed by atoms with van der Waals surface area (Å²) in [7, 11) is 1.60. The molecule has 1 amide bonds. The summed E-state index contributed by atoms with van der Waals surface area (Å²) < 4.78 is 1.77. The minimum atomic E-state index is -0.180. The Hall–Kier alpha value is -3.03. The number of carbonyl (C=O) groups is 1. The summed E-state index contributed by atoms with van der Waals surface area (Å²) in [5, 5.41) is 6.99. The lowest BCUT2D eigenvalue weighted by molar-refractivity contribution is 0.0964. The molecule has 0 aromatic carbocycles. The zero-order valence-corrected chi connectivity index (χ0v) is 13.3. The maximum Gasteiger partial charge on any atom is 0.256 e. The topological polar surface area (TPSA) is 88.3 Å². The molecule has 8 nitrogen and oxygen atoms in total. The van der Waals surface area contributed by atoms with Crippen LogP contribution in [0.1, 0.15) is 28.4 Å². The van der Waals surface area contributed by atoms with E-state index >= 15 is 0 Å². The summed E-state index contributed by atoms with van der Waals surface area (Å²) in [5.41, 5.74) is 2.12. The Morgan fingerprint density at radius 2 is 2.08 bits per heavy atom. The van der Waals surface area contributed by atoms with Gasteiger partial charge in [-0.25, -0.2) is 19.5 Å². The Bertz CT molecular complexity index is 877. The van der Waals surface area contributed by atoms with E-state index in [9.17, 15) is 4.79 Å². The molecule has 3 aromatic heterocycles. The second kappa shape index (κ2) is 5.88. The Balaban J connectivity index is 1.66. The molecule has 1 N–H and O–H groups in total. The van der Waals surface area contributed by atoms with E-state index < -0.39 is 0 Å². The van der Waals surface area contributed by atoms with Gasteiger partial charge in [-0.05, 0) is 18.6 Å². The van der Waals surface area contributed by atoms with Crippen LogP contribution in [0, 0.1) is 0 Å². The first kappa shape index (κ1) is 14.6. The molecule has 1 saturated heterocycles. The minimum absolute atomic E-state index is 0.180. The van der Waals surface area contributed by atoms with Crippen molar-refractivity contribution in [2.24, 2.45) is 0 Å². The van der Waals surface area contributed by atoms with Crippen molar-refractivity contribution in [1.29, 1.82) is 0 Å². The second-order valence-corrected chi connectivity index (χ2v) is 5.72. The van der Waals surface area contributed by atoms with Crippen LogP contribution in [-0.4, -0.2) is 50.6 Å². The summed E-state index contributed by atoms with van der Waals surface area (Å²) in [6, 6.07) is 3.78. The number of aromatic nitrogens is 5. The van der Waals surface area contributed by atoms with Gasteiger partial charge in [0.15, 0.2) is 5.65 Å². The molecule has 24 heavy (non-hydrogen) atoms. The molecular weight excluding hydrogens is 306 g/mol. The monoisotopic (exact) mass is 323 g/mol. The summed E-state index contributed by atoms with van der Waals surface area (Å²) in [6.45, 7) is 1.71. The molecule has 0 bridgehead atoms. The SMILES string of the molecule is CNC(=O)c1cnn2c(C3CCN(c4ncccn4)C3)ccnc12. The first-order chi connectivity index (χ1) is 11.8. The van der Waals surface area contributed by atoms with Crippen LogP contribution in [0.3, 0.4) is 0 Å². The molecule has 1 atom stereocenters. The Morgan fingerprint density at radius 3 is 2.88 bits per heavy atom. The Labute approximate surface area is 138 Å². The maximum atomic E-state index is 11.9. The molecule has 122 valence electrons. The highest BCUT2D eigenvalue weighted by Gasteiger charge is 2.28. The summed E-state index contributed by atoms with van der Waals surface area (Å²) in [5.74, 6) is 0.856. The predicted octanol–water partition coefficient (Wildman–Crippen LogP) is 0.873. The second-order valence-electron chi connectivity index (χ2n) is 5.72. The highest BCUT2D eigenvalue weighted by atomic mass is 16.1. The third-order valence-corrected chi connectivity index (χ3v) is 4.34. The number of carbonyl (C=O) groups excluding carboxylic acids is 1. The van der Waals surface area contributed by atoms with E-state index in [0.717, 1.165) is 31.2 Å². The van der Waals surface area contributed by atoms with Crippen LogP contribution < -0.4 is 10.2 Å². The third-order valence-electron chi connectivity index (χ3n) is 4.34. The molecule has 3 aromatic rings. The van der Waals surface area contributed by atoms with Crippen LogP contribution in [0.2, 0.25) is 0 Å². The molecule has 4 rings (SSSR count). The molecule has 0 radical (unpaired) electrons. The smallest absolute Gasteiger partial charge is 0.256 e. The molecule has 4 heterocycles. The predicted molar refractivity (Wildman–Crippen MR) is 88.0 cm³/mol. The highest BCUT2D eigenvalue weighted by Crippen LogP contribution is 2.29. The van der Waals surface area contributed by atoms with E-state index in [4.69, 9.17) is 0 Å². The molecule has 1 fully saturated rings. The standard InChI is InChI=1S/C16H17N7O/c1-17-15(24)12-9-21-23-13(3-7-18-14(12)23)11-4-8-22(10-11)16-19-5-2-6-20-16/h2-3,5-7,9,11H,4,8,10H2,1H3,(H,17,24). The fourth-order valence-corrected chi connectivity index (χ4v) is 3.15. The van der Waals surface area contributed by atoms with Crippen LogP contribution in [0.5, 0.6) is 0 Å². The van der Waals surface area contributed by atoms with E-state index in [0.29, 0.717) is 11.2 Å². The van der Waals surface area contributed by atoms with Crippen molar-refractivity contribution in [3.8, 4) is 0 Å².